The quantitative estimate of drug-likeness (QED) is 0.588. The van der Waals surface area contributed by atoms with Gasteiger partial charge in [-0.05, 0) is 86.1 Å². The van der Waals surface area contributed by atoms with E-state index in [0.717, 1.165) is 48.0 Å². The summed E-state index contributed by atoms with van der Waals surface area (Å²) in [6, 6.07) is 14.4. The Morgan fingerprint density at radius 1 is 1.00 bits per heavy atom. The minimum atomic E-state index is -0.162. The Bertz CT molecular complexity index is 1210. The van der Waals surface area contributed by atoms with Crippen LogP contribution in [-0.2, 0) is 0 Å². The van der Waals surface area contributed by atoms with Crippen LogP contribution in [0.1, 0.15) is 65.9 Å². The van der Waals surface area contributed by atoms with Crippen LogP contribution < -0.4 is 5.32 Å². The molecule has 4 saturated carbocycles. The fourth-order valence-electron chi connectivity index (χ4n) is 6.63. The van der Waals surface area contributed by atoms with E-state index in [1.165, 1.54) is 24.6 Å². The molecule has 4 aliphatic carbocycles. The summed E-state index contributed by atoms with van der Waals surface area (Å²) >= 11 is 0. The number of aromatic nitrogens is 1. The zero-order chi connectivity index (χ0) is 21.0. The molecule has 7 rings (SSSR count). The number of benzene rings is 2. The molecule has 156 valence electrons. The monoisotopic (exact) mass is 410 g/mol. The van der Waals surface area contributed by atoms with Crippen molar-refractivity contribution in [3.05, 3.63) is 65.0 Å². The summed E-state index contributed by atoms with van der Waals surface area (Å²) in [5.41, 5.74) is 2.10. The SMILES string of the molecule is Cc1noc(C(=O)NC23CC4CC(CC(C4)C2)C3)c1C#Cc1ccc2ccccc2c1. The second-order valence-electron chi connectivity index (χ2n) is 9.94. The predicted octanol–water partition coefficient (Wildman–Crippen LogP) is 5.23. The molecule has 4 heteroatoms. The predicted molar refractivity (Wildman–Crippen MR) is 120 cm³/mol. The van der Waals surface area contributed by atoms with Gasteiger partial charge in [0.25, 0.3) is 5.91 Å². The first kappa shape index (κ1) is 18.7. The number of carbonyl (C=O) groups excluding carboxylic acids is 1. The van der Waals surface area contributed by atoms with Crippen molar-refractivity contribution in [2.45, 2.75) is 51.0 Å². The average molecular weight is 411 g/mol. The van der Waals surface area contributed by atoms with Gasteiger partial charge in [0.2, 0.25) is 5.76 Å². The fourth-order valence-corrected chi connectivity index (χ4v) is 6.63. The normalized spacial score (nSPS) is 28.4. The van der Waals surface area contributed by atoms with Crippen molar-refractivity contribution >= 4 is 16.7 Å². The van der Waals surface area contributed by atoms with E-state index in [9.17, 15) is 4.79 Å². The third-order valence-electron chi connectivity index (χ3n) is 7.57. The number of amides is 1. The Hall–Kier alpha value is -3.06. The van der Waals surface area contributed by atoms with Crippen molar-refractivity contribution in [1.82, 2.24) is 10.5 Å². The molecule has 2 aromatic carbocycles. The summed E-state index contributed by atoms with van der Waals surface area (Å²) in [5, 5.41) is 9.77. The molecule has 0 radical (unpaired) electrons. The topological polar surface area (TPSA) is 55.1 Å². The number of carbonyl (C=O) groups is 1. The Kier molecular flexibility index (Phi) is 4.21. The van der Waals surface area contributed by atoms with Gasteiger partial charge in [-0.25, -0.2) is 0 Å². The lowest BCUT2D eigenvalue weighted by molar-refractivity contribution is -0.0172. The van der Waals surface area contributed by atoms with Gasteiger partial charge in [-0.2, -0.15) is 0 Å². The molecule has 3 aromatic rings. The first-order chi connectivity index (χ1) is 15.1. The Morgan fingerprint density at radius 3 is 2.39 bits per heavy atom. The van der Waals surface area contributed by atoms with Crippen LogP contribution in [0.5, 0.6) is 0 Å². The van der Waals surface area contributed by atoms with Crippen LogP contribution in [-0.4, -0.2) is 16.6 Å². The Labute approximate surface area is 182 Å². The second-order valence-corrected chi connectivity index (χ2v) is 9.94. The van der Waals surface area contributed by atoms with Crippen molar-refractivity contribution in [2.24, 2.45) is 17.8 Å². The smallest absolute Gasteiger partial charge is 0.291 e. The van der Waals surface area contributed by atoms with Crippen LogP contribution in [0.2, 0.25) is 0 Å². The summed E-state index contributed by atoms with van der Waals surface area (Å²) < 4.78 is 5.47. The molecule has 0 spiro atoms. The first-order valence-corrected chi connectivity index (χ1v) is 11.4. The number of fused-ring (bicyclic) bond motifs is 1. The summed E-state index contributed by atoms with van der Waals surface area (Å²) in [6.07, 6.45) is 7.36. The van der Waals surface area contributed by atoms with E-state index in [1.54, 1.807) is 0 Å². The number of nitrogens with one attached hydrogen (secondary N) is 1. The highest BCUT2D eigenvalue weighted by Crippen LogP contribution is 2.55. The molecule has 1 amide bonds. The van der Waals surface area contributed by atoms with E-state index in [-0.39, 0.29) is 17.2 Å². The first-order valence-electron chi connectivity index (χ1n) is 11.4. The molecule has 1 aromatic heterocycles. The van der Waals surface area contributed by atoms with Crippen molar-refractivity contribution in [1.29, 1.82) is 0 Å². The third-order valence-corrected chi connectivity index (χ3v) is 7.57. The van der Waals surface area contributed by atoms with Gasteiger partial charge < -0.3 is 9.84 Å². The lowest BCUT2D eigenvalue weighted by Crippen LogP contribution is -2.59. The highest BCUT2D eigenvalue weighted by atomic mass is 16.5. The number of nitrogens with zero attached hydrogens (tertiary/aromatic N) is 1. The summed E-state index contributed by atoms with van der Waals surface area (Å²) in [4.78, 5) is 13.2. The third kappa shape index (κ3) is 3.33. The molecular formula is C27H26N2O2. The highest BCUT2D eigenvalue weighted by Gasteiger charge is 2.51. The van der Waals surface area contributed by atoms with Crippen LogP contribution in [0.15, 0.2) is 47.0 Å². The molecule has 4 fully saturated rings. The van der Waals surface area contributed by atoms with Gasteiger partial charge in [-0.1, -0.05) is 47.3 Å². The van der Waals surface area contributed by atoms with Gasteiger partial charge in [-0.3, -0.25) is 4.79 Å². The number of aryl methyl sites for hydroxylation is 1. The Morgan fingerprint density at radius 2 is 1.68 bits per heavy atom. The minimum Gasteiger partial charge on any atom is -0.349 e. The van der Waals surface area contributed by atoms with E-state index in [4.69, 9.17) is 4.52 Å². The van der Waals surface area contributed by atoms with Crippen molar-refractivity contribution in [3.8, 4) is 11.8 Å². The van der Waals surface area contributed by atoms with Crippen LogP contribution in [0.25, 0.3) is 10.8 Å². The van der Waals surface area contributed by atoms with Gasteiger partial charge in [0, 0.05) is 11.1 Å². The highest BCUT2D eigenvalue weighted by molar-refractivity contribution is 5.94. The minimum absolute atomic E-state index is 0.0599. The lowest BCUT2D eigenvalue weighted by atomic mass is 9.53. The van der Waals surface area contributed by atoms with Gasteiger partial charge in [0.05, 0.1) is 5.69 Å². The van der Waals surface area contributed by atoms with Gasteiger partial charge in [0.15, 0.2) is 0 Å². The maximum absolute atomic E-state index is 13.2. The summed E-state index contributed by atoms with van der Waals surface area (Å²) in [6.45, 7) is 1.84. The van der Waals surface area contributed by atoms with Crippen molar-refractivity contribution < 1.29 is 9.32 Å². The van der Waals surface area contributed by atoms with Crippen molar-refractivity contribution in [2.75, 3.05) is 0 Å². The Balaban J connectivity index is 1.27. The maximum Gasteiger partial charge on any atom is 0.291 e. The van der Waals surface area contributed by atoms with E-state index < -0.39 is 0 Å². The summed E-state index contributed by atoms with van der Waals surface area (Å²) in [7, 11) is 0. The molecule has 4 aliphatic rings. The van der Waals surface area contributed by atoms with Gasteiger partial charge >= 0.3 is 0 Å². The van der Waals surface area contributed by atoms with Crippen LogP contribution in [0.3, 0.4) is 0 Å². The number of hydrogen-bond acceptors (Lipinski definition) is 3. The lowest BCUT2D eigenvalue weighted by Gasteiger charge is -2.56. The summed E-state index contributed by atoms with van der Waals surface area (Å²) in [5.74, 6) is 8.78. The van der Waals surface area contributed by atoms with Crippen LogP contribution in [0, 0.1) is 36.5 Å². The number of rotatable bonds is 2. The molecule has 4 bridgehead atoms. The van der Waals surface area contributed by atoms with E-state index in [0.29, 0.717) is 11.3 Å². The van der Waals surface area contributed by atoms with E-state index >= 15 is 0 Å². The molecule has 0 unspecified atom stereocenters. The van der Waals surface area contributed by atoms with Gasteiger partial charge in [0.1, 0.15) is 5.56 Å². The maximum atomic E-state index is 13.2. The molecule has 0 atom stereocenters. The zero-order valence-electron chi connectivity index (χ0n) is 17.8. The van der Waals surface area contributed by atoms with Crippen LogP contribution >= 0.6 is 0 Å². The largest absolute Gasteiger partial charge is 0.349 e. The van der Waals surface area contributed by atoms with Crippen molar-refractivity contribution in [3.63, 3.8) is 0 Å². The molecule has 4 nitrogen and oxygen atoms in total. The molecule has 0 aliphatic heterocycles. The molecule has 0 saturated heterocycles. The fraction of sp³-hybridized carbons (Fsp3) is 0.407. The molecule has 1 heterocycles. The zero-order valence-corrected chi connectivity index (χ0v) is 17.8. The van der Waals surface area contributed by atoms with Gasteiger partial charge in [-0.15, -0.1) is 0 Å². The standard InChI is InChI=1S/C27H26N2O2/c1-17-24(9-7-18-6-8-22-4-2-3-5-23(22)13-18)25(31-29-17)26(30)28-27-14-19-10-20(15-27)12-21(11-19)16-27/h2-6,8,13,19-21H,10-12,14-16H2,1H3,(H,28,30). The van der Waals surface area contributed by atoms with Crippen LogP contribution in [0.4, 0.5) is 0 Å². The van der Waals surface area contributed by atoms with E-state index in [1.807, 2.05) is 25.1 Å². The molecule has 1 N–H and O–H groups in total. The second kappa shape index (κ2) is 6.99. The average Bonchev–Trinajstić information content (AvgIpc) is 3.11. The van der Waals surface area contributed by atoms with E-state index in [2.05, 4.69) is 46.6 Å². The molecular weight excluding hydrogens is 384 g/mol. The number of hydrogen-bond donors (Lipinski definition) is 1. The molecule has 31 heavy (non-hydrogen) atoms.